The Morgan fingerprint density at radius 2 is 2.23 bits per heavy atom. The molecule has 0 aliphatic carbocycles. The highest BCUT2D eigenvalue weighted by atomic mass is 32.1. The van der Waals surface area contributed by atoms with Crippen molar-refractivity contribution in [2.75, 3.05) is 18.0 Å². The summed E-state index contributed by atoms with van der Waals surface area (Å²) in [5.74, 6) is -1.78. The Morgan fingerprint density at radius 3 is 2.77 bits per heavy atom. The molecule has 22 heavy (non-hydrogen) atoms. The first-order valence-electron chi connectivity index (χ1n) is 6.08. The van der Waals surface area contributed by atoms with Gasteiger partial charge in [-0.2, -0.15) is 17.5 Å². The molecule has 122 valence electrons. The Bertz CT molecular complexity index is 579. The molecular weight excluding hydrogens is 329 g/mol. The van der Waals surface area contributed by atoms with Crippen LogP contribution in [0, 0.1) is 16.0 Å². The van der Waals surface area contributed by atoms with Gasteiger partial charge in [0.1, 0.15) is 6.20 Å². The first-order valence-corrected chi connectivity index (χ1v) is 6.86. The van der Waals surface area contributed by atoms with Crippen molar-refractivity contribution in [1.82, 2.24) is 9.69 Å². The molecular formula is C10H11F3N4O4S. The zero-order chi connectivity index (χ0) is 16.5. The number of piperidine rings is 1. The normalized spacial score (nSPS) is 22.4. The van der Waals surface area contributed by atoms with E-state index in [1.165, 1.54) is 0 Å². The highest BCUT2D eigenvalue weighted by molar-refractivity contribution is 7.10. The number of nitrogens with zero attached hydrogens (tertiary/aromatic N) is 3. The molecule has 2 unspecified atom stereocenters. The van der Waals surface area contributed by atoms with Gasteiger partial charge in [0, 0.05) is 13.1 Å². The molecule has 1 amide bonds. The number of anilines is 1. The molecule has 0 bridgehead atoms. The second-order valence-corrected chi connectivity index (χ2v) is 5.58. The Morgan fingerprint density at radius 1 is 1.55 bits per heavy atom. The number of halogens is 3. The average Bonchev–Trinajstić information content (AvgIpc) is 2.85. The van der Waals surface area contributed by atoms with Crippen LogP contribution >= 0.6 is 11.5 Å². The van der Waals surface area contributed by atoms with Gasteiger partial charge in [-0.3, -0.25) is 10.1 Å². The van der Waals surface area contributed by atoms with E-state index in [0.29, 0.717) is 11.5 Å². The second kappa shape index (κ2) is 5.94. The average molecular weight is 340 g/mol. The van der Waals surface area contributed by atoms with E-state index < -0.39 is 42.1 Å². The smallest absolute Gasteiger partial charge is 0.404 e. The van der Waals surface area contributed by atoms with Crippen LogP contribution in [0.2, 0.25) is 0 Å². The van der Waals surface area contributed by atoms with E-state index >= 15 is 0 Å². The lowest BCUT2D eigenvalue weighted by atomic mass is 9.94. The summed E-state index contributed by atoms with van der Waals surface area (Å²) >= 11 is 0.710. The van der Waals surface area contributed by atoms with Gasteiger partial charge in [-0.05, 0) is 18.0 Å². The maximum atomic E-state index is 13.0. The molecule has 2 heterocycles. The van der Waals surface area contributed by atoms with Crippen molar-refractivity contribution in [3.05, 3.63) is 16.3 Å². The predicted molar refractivity (Wildman–Crippen MR) is 70.1 cm³/mol. The number of amides is 1. The standard InChI is InChI=1S/C10H11F3N4O4S/c11-10(12,13)5-1-6(15-9(18)19)4-16(3-5)8-7(17(20)21)2-14-22-8/h2,5-6,15H,1,3-4H2,(H,18,19). The monoisotopic (exact) mass is 340 g/mol. The van der Waals surface area contributed by atoms with E-state index in [1.54, 1.807) is 0 Å². The number of carboxylic acid groups (broad SMARTS) is 1. The van der Waals surface area contributed by atoms with Crippen LogP contribution in [0.5, 0.6) is 0 Å². The van der Waals surface area contributed by atoms with Gasteiger partial charge in [0.05, 0.1) is 16.9 Å². The van der Waals surface area contributed by atoms with E-state index in [-0.39, 0.29) is 17.2 Å². The Kier molecular flexibility index (Phi) is 4.39. The molecule has 1 aliphatic rings. The van der Waals surface area contributed by atoms with Crippen molar-refractivity contribution < 1.29 is 28.0 Å². The quantitative estimate of drug-likeness (QED) is 0.644. The van der Waals surface area contributed by atoms with Crippen molar-refractivity contribution in [3.8, 4) is 0 Å². The van der Waals surface area contributed by atoms with E-state index in [9.17, 15) is 28.1 Å². The fourth-order valence-electron chi connectivity index (χ4n) is 2.35. The van der Waals surface area contributed by atoms with E-state index in [2.05, 4.69) is 4.37 Å². The van der Waals surface area contributed by atoms with Crippen LogP contribution in [0.4, 0.5) is 28.7 Å². The van der Waals surface area contributed by atoms with Gasteiger partial charge in [-0.25, -0.2) is 4.79 Å². The minimum atomic E-state index is -4.52. The molecule has 2 rings (SSSR count). The lowest BCUT2D eigenvalue weighted by Gasteiger charge is -2.38. The molecule has 8 nitrogen and oxygen atoms in total. The summed E-state index contributed by atoms with van der Waals surface area (Å²) < 4.78 is 42.6. The first-order chi connectivity index (χ1) is 10.2. The fraction of sp³-hybridized carbons (Fsp3) is 0.600. The molecule has 1 saturated heterocycles. The molecule has 0 aromatic carbocycles. The van der Waals surface area contributed by atoms with Gasteiger partial charge in [0.15, 0.2) is 5.00 Å². The molecule has 1 aromatic rings. The molecule has 1 fully saturated rings. The summed E-state index contributed by atoms with van der Waals surface area (Å²) in [4.78, 5) is 22.0. The molecule has 2 N–H and O–H groups in total. The van der Waals surface area contributed by atoms with Gasteiger partial charge in [0.2, 0.25) is 0 Å². The Labute approximate surface area is 125 Å². The maximum Gasteiger partial charge on any atom is 0.404 e. The molecule has 0 spiro atoms. The number of nitrogens with one attached hydrogen (secondary N) is 1. The summed E-state index contributed by atoms with van der Waals surface area (Å²) in [7, 11) is 0. The summed E-state index contributed by atoms with van der Waals surface area (Å²) in [6, 6.07) is -0.973. The summed E-state index contributed by atoms with van der Waals surface area (Å²) in [5, 5.41) is 21.6. The molecule has 2 atom stereocenters. The van der Waals surface area contributed by atoms with Crippen LogP contribution < -0.4 is 10.2 Å². The third kappa shape index (κ3) is 3.55. The third-order valence-corrected chi connectivity index (χ3v) is 4.11. The van der Waals surface area contributed by atoms with Crippen LogP contribution in [0.3, 0.4) is 0 Å². The largest absolute Gasteiger partial charge is 0.465 e. The Hall–Kier alpha value is -2.11. The highest BCUT2D eigenvalue weighted by Crippen LogP contribution is 2.39. The van der Waals surface area contributed by atoms with Crippen molar-refractivity contribution in [1.29, 1.82) is 0 Å². The summed E-state index contributed by atoms with van der Waals surface area (Å²) in [5.41, 5.74) is -0.387. The van der Waals surface area contributed by atoms with Crippen molar-refractivity contribution in [2.24, 2.45) is 5.92 Å². The first kappa shape index (κ1) is 16.3. The number of hydrogen-bond acceptors (Lipinski definition) is 6. The topological polar surface area (TPSA) is 109 Å². The van der Waals surface area contributed by atoms with Crippen LogP contribution in [0.25, 0.3) is 0 Å². The number of hydrogen-bond donors (Lipinski definition) is 2. The Balaban J connectivity index is 2.27. The number of aromatic nitrogens is 1. The van der Waals surface area contributed by atoms with Gasteiger partial charge >= 0.3 is 18.0 Å². The van der Waals surface area contributed by atoms with Gasteiger partial charge < -0.3 is 15.3 Å². The van der Waals surface area contributed by atoms with E-state index in [1.807, 2.05) is 5.32 Å². The maximum absolute atomic E-state index is 13.0. The summed E-state index contributed by atoms with van der Waals surface area (Å²) in [6.07, 6.45) is -5.39. The van der Waals surface area contributed by atoms with Crippen molar-refractivity contribution in [3.63, 3.8) is 0 Å². The molecule has 0 saturated carbocycles. The minimum absolute atomic E-state index is 0.00358. The second-order valence-electron chi connectivity index (χ2n) is 4.80. The van der Waals surface area contributed by atoms with E-state index in [4.69, 9.17) is 5.11 Å². The number of carbonyl (C=O) groups is 1. The van der Waals surface area contributed by atoms with Crippen LogP contribution in [-0.4, -0.2) is 45.8 Å². The highest BCUT2D eigenvalue weighted by Gasteiger charge is 2.46. The SMILES string of the molecule is O=C(O)NC1CC(C(F)(F)F)CN(c2sncc2[N+](=O)[O-])C1. The summed E-state index contributed by atoms with van der Waals surface area (Å²) in [6.45, 7) is -0.549. The minimum Gasteiger partial charge on any atom is -0.465 e. The molecule has 1 aliphatic heterocycles. The lowest BCUT2D eigenvalue weighted by molar-refractivity contribution is -0.384. The zero-order valence-corrected chi connectivity index (χ0v) is 11.7. The van der Waals surface area contributed by atoms with Crippen LogP contribution in [0.15, 0.2) is 6.20 Å². The molecule has 12 heteroatoms. The van der Waals surface area contributed by atoms with Gasteiger partial charge in [0.25, 0.3) is 0 Å². The molecule has 1 aromatic heterocycles. The van der Waals surface area contributed by atoms with Crippen LogP contribution in [-0.2, 0) is 0 Å². The van der Waals surface area contributed by atoms with E-state index in [0.717, 1.165) is 11.1 Å². The predicted octanol–water partition coefficient (Wildman–Crippen LogP) is 2.08. The lowest BCUT2D eigenvalue weighted by Crippen LogP contribution is -2.53. The fourth-order valence-corrected chi connectivity index (χ4v) is 3.09. The van der Waals surface area contributed by atoms with Gasteiger partial charge in [-0.15, -0.1) is 0 Å². The van der Waals surface area contributed by atoms with Crippen molar-refractivity contribution in [2.45, 2.75) is 18.6 Å². The van der Waals surface area contributed by atoms with Crippen molar-refractivity contribution >= 4 is 28.3 Å². The number of rotatable bonds is 3. The third-order valence-electron chi connectivity index (χ3n) is 3.26. The molecule has 0 radical (unpaired) electrons. The van der Waals surface area contributed by atoms with Gasteiger partial charge in [-0.1, -0.05) is 0 Å². The number of alkyl halides is 3. The number of nitro groups is 1. The zero-order valence-electron chi connectivity index (χ0n) is 10.9. The van der Waals surface area contributed by atoms with Crippen LogP contribution in [0.1, 0.15) is 6.42 Å².